The lowest BCUT2D eigenvalue weighted by Crippen LogP contribution is -2.48. The van der Waals surface area contributed by atoms with Gasteiger partial charge < -0.3 is 19.9 Å². The van der Waals surface area contributed by atoms with Crippen molar-refractivity contribution in [2.24, 2.45) is 0 Å². The van der Waals surface area contributed by atoms with Crippen LogP contribution in [0.1, 0.15) is 32.5 Å². The summed E-state index contributed by atoms with van der Waals surface area (Å²) in [4.78, 5) is 48.3. The molecule has 172 valence electrons. The first-order valence-corrected chi connectivity index (χ1v) is 11.3. The summed E-state index contributed by atoms with van der Waals surface area (Å²) in [6.07, 6.45) is 1.77. The minimum absolute atomic E-state index is 0.201. The summed E-state index contributed by atoms with van der Waals surface area (Å²) >= 11 is 1.11. The van der Waals surface area contributed by atoms with Crippen molar-refractivity contribution < 1.29 is 19.1 Å². The first-order chi connectivity index (χ1) is 15.3. The highest BCUT2D eigenvalue weighted by Gasteiger charge is 2.28. The molecule has 0 bridgehead atoms. The zero-order valence-corrected chi connectivity index (χ0v) is 19.7. The maximum atomic E-state index is 12.8. The van der Waals surface area contributed by atoms with Crippen molar-refractivity contribution in [3.63, 3.8) is 0 Å². The second-order valence-electron chi connectivity index (χ2n) is 7.68. The summed E-state index contributed by atoms with van der Waals surface area (Å²) in [5, 5.41) is 3.19. The number of esters is 1. The van der Waals surface area contributed by atoms with Crippen molar-refractivity contribution >= 4 is 39.9 Å². The molecule has 3 heterocycles. The molecule has 2 aromatic heterocycles. The van der Waals surface area contributed by atoms with E-state index in [0.29, 0.717) is 15.4 Å². The molecule has 1 N–H and O–H groups in total. The molecule has 3 rings (SSSR count). The number of amides is 2. The maximum Gasteiger partial charge on any atom is 0.341 e. The van der Waals surface area contributed by atoms with Crippen LogP contribution in [-0.4, -0.2) is 86.0 Å². The largest absolute Gasteiger partial charge is 0.462 e. The Morgan fingerprint density at radius 3 is 2.50 bits per heavy atom. The fourth-order valence-electron chi connectivity index (χ4n) is 3.50. The summed E-state index contributed by atoms with van der Waals surface area (Å²) in [5.74, 6) is -0.0581. The van der Waals surface area contributed by atoms with Gasteiger partial charge in [-0.05, 0) is 31.5 Å². The van der Waals surface area contributed by atoms with Crippen molar-refractivity contribution in [2.75, 3.05) is 63.6 Å². The topological polar surface area (TPSA) is 95.1 Å². The van der Waals surface area contributed by atoms with E-state index in [4.69, 9.17) is 4.74 Å². The van der Waals surface area contributed by atoms with Crippen LogP contribution in [0.4, 0.5) is 10.8 Å². The van der Waals surface area contributed by atoms with E-state index >= 15 is 0 Å². The lowest BCUT2D eigenvalue weighted by molar-refractivity contribution is -0.117. The maximum absolute atomic E-state index is 12.8. The molecule has 1 fully saturated rings. The fraction of sp³-hybridized carbons (Fsp3) is 0.455. The van der Waals surface area contributed by atoms with Crippen molar-refractivity contribution in [2.45, 2.75) is 13.8 Å². The third-order valence-corrected chi connectivity index (χ3v) is 6.39. The zero-order valence-electron chi connectivity index (χ0n) is 18.9. The van der Waals surface area contributed by atoms with Gasteiger partial charge in [-0.25, -0.2) is 9.78 Å². The highest BCUT2D eigenvalue weighted by molar-refractivity contribution is 7.18. The number of piperazine rings is 1. The van der Waals surface area contributed by atoms with E-state index < -0.39 is 5.97 Å². The fourth-order valence-corrected chi connectivity index (χ4v) is 4.74. The smallest absolute Gasteiger partial charge is 0.341 e. The first-order valence-electron chi connectivity index (χ1n) is 10.5. The molecule has 0 saturated carbocycles. The molecule has 0 unspecified atom stereocenters. The summed E-state index contributed by atoms with van der Waals surface area (Å²) in [6.45, 7) is 6.83. The van der Waals surface area contributed by atoms with E-state index in [1.165, 1.54) is 4.90 Å². The Morgan fingerprint density at radius 2 is 1.91 bits per heavy atom. The third kappa shape index (κ3) is 5.43. The molecule has 0 aliphatic carbocycles. The Kier molecular flexibility index (Phi) is 7.81. The minimum atomic E-state index is -0.543. The SMILES string of the molecule is CCOC(=O)c1c(NC(=O)CN2CCN(c3ccccn3)CC2)sc(C(=O)N(C)C)c1C. The Bertz CT molecular complexity index is 968. The molecule has 1 aliphatic rings. The molecule has 0 atom stereocenters. The van der Waals surface area contributed by atoms with Crippen LogP contribution in [0.2, 0.25) is 0 Å². The van der Waals surface area contributed by atoms with Gasteiger partial charge in [-0.2, -0.15) is 0 Å². The Hall–Kier alpha value is -2.98. The monoisotopic (exact) mass is 459 g/mol. The molecular weight excluding hydrogens is 430 g/mol. The quantitative estimate of drug-likeness (QED) is 0.634. The van der Waals surface area contributed by atoms with Gasteiger partial charge in [0.1, 0.15) is 10.8 Å². The van der Waals surface area contributed by atoms with Gasteiger partial charge in [0.05, 0.1) is 23.6 Å². The third-order valence-electron chi connectivity index (χ3n) is 5.19. The minimum Gasteiger partial charge on any atom is -0.462 e. The lowest BCUT2D eigenvalue weighted by atomic mass is 10.1. The number of thiophene rings is 1. The summed E-state index contributed by atoms with van der Waals surface area (Å²) in [7, 11) is 3.29. The van der Waals surface area contributed by atoms with E-state index in [1.807, 2.05) is 18.2 Å². The first kappa shape index (κ1) is 23.7. The second-order valence-corrected chi connectivity index (χ2v) is 8.70. The van der Waals surface area contributed by atoms with Crippen LogP contribution in [0, 0.1) is 6.92 Å². The molecular formula is C22H29N5O4S. The van der Waals surface area contributed by atoms with Crippen LogP contribution in [0.25, 0.3) is 0 Å². The molecule has 2 aromatic rings. The van der Waals surface area contributed by atoms with Crippen molar-refractivity contribution in [1.29, 1.82) is 0 Å². The normalized spacial score (nSPS) is 14.2. The predicted octanol–water partition coefficient (Wildman–Crippen LogP) is 2.09. The van der Waals surface area contributed by atoms with Gasteiger partial charge in [0.25, 0.3) is 5.91 Å². The number of nitrogens with zero attached hydrogens (tertiary/aromatic N) is 4. The van der Waals surface area contributed by atoms with E-state index in [9.17, 15) is 14.4 Å². The number of nitrogens with one attached hydrogen (secondary N) is 1. The Labute approximate surface area is 192 Å². The van der Waals surface area contributed by atoms with Crippen LogP contribution in [-0.2, 0) is 9.53 Å². The van der Waals surface area contributed by atoms with E-state index in [-0.39, 0.29) is 30.5 Å². The van der Waals surface area contributed by atoms with E-state index in [0.717, 1.165) is 43.3 Å². The van der Waals surface area contributed by atoms with Gasteiger partial charge in [0.2, 0.25) is 5.91 Å². The Balaban J connectivity index is 1.67. The number of ether oxygens (including phenoxy) is 1. The van der Waals surface area contributed by atoms with Gasteiger partial charge in [-0.15, -0.1) is 11.3 Å². The van der Waals surface area contributed by atoms with Gasteiger partial charge in [0, 0.05) is 46.5 Å². The van der Waals surface area contributed by atoms with Crippen molar-refractivity contribution in [3.05, 3.63) is 40.4 Å². The van der Waals surface area contributed by atoms with Gasteiger partial charge in [-0.1, -0.05) is 6.07 Å². The summed E-state index contributed by atoms with van der Waals surface area (Å²) < 4.78 is 5.16. The van der Waals surface area contributed by atoms with Crippen LogP contribution in [0.5, 0.6) is 0 Å². The van der Waals surface area contributed by atoms with Gasteiger partial charge in [0.15, 0.2) is 0 Å². The van der Waals surface area contributed by atoms with Crippen LogP contribution in [0.3, 0.4) is 0 Å². The number of hydrogen-bond donors (Lipinski definition) is 1. The number of carbonyl (C=O) groups excluding carboxylic acids is 3. The molecule has 0 radical (unpaired) electrons. The number of anilines is 2. The molecule has 1 saturated heterocycles. The van der Waals surface area contributed by atoms with Crippen molar-refractivity contribution in [3.8, 4) is 0 Å². The van der Waals surface area contributed by atoms with Crippen LogP contribution >= 0.6 is 11.3 Å². The van der Waals surface area contributed by atoms with Crippen molar-refractivity contribution in [1.82, 2.24) is 14.8 Å². The number of hydrogen-bond acceptors (Lipinski definition) is 8. The number of aromatic nitrogens is 1. The van der Waals surface area contributed by atoms with E-state index in [2.05, 4.69) is 20.1 Å². The van der Waals surface area contributed by atoms with Crippen LogP contribution < -0.4 is 10.2 Å². The molecule has 1 aliphatic heterocycles. The van der Waals surface area contributed by atoms with Crippen LogP contribution in [0.15, 0.2) is 24.4 Å². The molecule has 0 spiro atoms. The molecule has 2 amide bonds. The van der Waals surface area contributed by atoms with Gasteiger partial charge >= 0.3 is 5.97 Å². The Morgan fingerprint density at radius 1 is 1.19 bits per heavy atom. The summed E-state index contributed by atoms with van der Waals surface area (Å²) in [6, 6.07) is 5.82. The molecule has 0 aromatic carbocycles. The highest BCUT2D eigenvalue weighted by Crippen LogP contribution is 2.34. The number of rotatable bonds is 7. The standard InChI is InChI=1S/C22H29N5O4S/c1-5-31-22(30)18-15(2)19(21(29)25(3)4)32-20(18)24-17(28)14-26-10-12-27(13-11-26)16-8-6-7-9-23-16/h6-9H,5,10-14H2,1-4H3,(H,24,28). The molecule has 32 heavy (non-hydrogen) atoms. The number of carbonyl (C=O) groups is 3. The van der Waals surface area contributed by atoms with Gasteiger partial charge in [-0.3, -0.25) is 14.5 Å². The zero-order chi connectivity index (χ0) is 23.3. The van der Waals surface area contributed by atoms with E-state index in [1.54, 1.807) is 34.1 Å². The molecule has 10 heteroatoms. The highest BCUT2D eigenvalue weighted by atomic mass is 32.1. The number of pyridine rings is 1. The predicted molar refractivity (Wildman–Crippen MR) is 125 cm³/mol. The summed E-state index contributed by atoms with van der Waals surface area (Å²) in [5.41, 5.74) is 0.766. The second kappa shape index (κ2) is 10.6. The lowest BCUT2D eigenvalue weighted by Gasteiger charge is -2.34. The molecule has 9 nitrogen and oxygen atoms in total. The average molecular weight is 460 g/mol. The average Bonchev–Trinajstić information content (AvgIpc) is 3.09.